The van der Waals surface area contributed by atoms with Crippen LogP contribution in [0.4, 0.5) is 0 Å². The Kier molecular flexibility index (Phi) is 3.84. The first-order valence-electron chi connectivity index (χ1n) is 7.73. The maximum atomic E-state index is 5.54. The van der Waals surface area contributed by atoms with Gasteiger partial charge in [0, 0.05) is 36.8 Å². The zero-order valence-corrected chi connectivity index (χ0v) is 13.5. The van der Waals surface area contributed by atoms with Crippen LogP contribution in [-0.4, -0.2) is 44.3 Å². The molecule has 4 heteroatoms. The number of nitrogens with zero attached hydrogens (tertiary/aromatic N) is 1. The van der Waals surface area contributed by atoms with Crippen LogP contribution in [0.25, 0.3) is 0 Å². The van der Waals surface area contributed by atoms with Gasteiger partial charge in [0.05, 0.1) is 14.2 Å². The van der Waals surface area contributed by atoms with Gasteiger partial charge >= 0.3 is 0 Å². The van der Waals surface area contributed by atoms with Crippen molar-refractivity contribution in [3.63, 3.8) is 0 Å². The molecule has 2 unspecified atom stereocenters. The highest BCUT2D eigenvalue weighted by atomic mass is 16.5. The average molecular weight is 290 g/mol. The smallest absolute Gasteiger partial charge is 0.127 e. The van der Waals surface area contributed by atoms with E-state index in [4.69, 9.17) is 9.47 Å². The van der Waals surface area contributed by atoms with E-state index < -0.39 is 0 Å². The van der Waals surface area contributed by atoms with Gasteiger partial charge in [0.1, 0.15) is 11.5 Å². The second kappa shape index (κ2) is 5.50. The molecule has 2 aliphatic heterocycles. The number of ether oxygens (including phenoxy) is 2. The zero-order valence-electron chi connectivity index (χ0n) is 13.5. The first-order chi connectivity index (χ1) is 10.1. The van der Waals surface area contributed by atoms with E-state index in [2.05, 4.69) is 30.1 Å². The number of nitrogens with one attached hydrogen (secondary N) is 1. The van der Waals surface area contributed by atoms with Gasteiger partial charge < -0.3 is 14.8 Å². The third-order valence-corrected chi connectivity index (χ3v) is 5.37. The molecule has 0 spiro atoms. The summed E-state index contributed by atoms with van der Waals surface area (Å²) in [5.41, 5.74) is 1.47. The van der Waals surface area contributed by atoms with E-state index in [1.807, 2.05) is 12.1 Å². The Morgan fingerprint density at radius 1 is 1.24 bits per heavy atom. The Morgan fingerprint density at radius 2 is 2.05 bits per heavy atom. The summed E-state index contributed by atoms with van der Waals surface area (Å²) >= 11 is 0. The highest BCUT2D eigenvalue weighted by Gasteiger charge is 2.49. The van der Waals surface area contributed by atoms with Crippen LogP contribution in [0.1, 0.15) is 19.4 Å². The van der Waals surface area contributed by atoms with Crippen molar-refractivity contribution in [3.05, 3.63) is 23.8 Å². The van der Waals surface area contributed by atoms with E-state index in [1.54, 1.807) is 14.2 Å². The summed E-state index contributed by atoms with van der Waals surface area (Å²) in [6, 6.07) is 6.12. The van der Waals surface area contributed by atoms with Crippen molar-refractivity contribution in [1.82, 2.24) is 10.2 Å². The Morgan fingerprint density at radius 3 is 2.71 bits per heavy atom. The predicted molar refractivity (Wildman–Crippen MR) is 83.9 cm³/mol. The number of rotatable bonds is 4. The third kappa shape index (κ3) is 2.51. The molecule has 2 saturated heterocycles. The molecular weight excluding hydrogens is 264 g/mol. The topological polar surface area (TPSA) is 33.7 Å². The van der Waals surface area contributed by atoms with Gasteiger partial charge in [-0.25, -0.2) is 0 Å². The van der Waals surface area contributed by atoms with Crippen molar-refractivity contribution in [1.29, 1.82) is 0 Å². The summed E-state index contributed by atoms with van der Waals surface area (Å²) in [4.78, 5) is 2.60. The third-order valence-electron chi connectivity index (χ3n) is 5.37. The first-order valence-corrected chi connectivity index (χ1v) is 7.73. The number of hydrogen-bond donors (Lipinski definition) is 1. The van der Waals surface area contributed by atoms with Crippen molar-refractivity contribution >= 4 is 0 Å². The van der Waals surface area contributed by atoms with E-state index in [0.717, 1.165) is 43.0 Å². The van der Waals surface area contributed by atoms with Crippen molar-refractivity contribution in [3.8, 4) is 11.5 Å². The molecule has 116 valence electrons. The molecule has 2 heterocycles. The van der Waals surface area contributed by atoms with Crippen LogP contribution in [0.5, 0.6) is 11.5 Å². The summed E-state index contributed by atoms with van der Waals surface area (Å²) in [6.07, 6.45) is 0. The zero-order chi connectivity index (χ0) is 15.0. The quantitative estimate of drug-likeness (QED) is 0.921. The van der Waals surface area contributed by atoms with Gasteiger partial charge in [0.2, 0.25) is 0 Å². The minimum atomic E-state index is 0.235. The molecule has 2 aliphatic rings. The molecule has 4 nitrogen and oxygen atoms in total. The Balaban J connectivity index is 1.81. The van der Waals surface area contributed by atoms with Crippen LogP contribution in [0.15, 0.2) is 18.2 Å². The summed E-state index contributed by atoms with van der Waals surface area (Å²) in [6.45, 7) is 9.16. The van der Waals surface area contributed by atoms with Gasteiger partial charge in [0.15, 0.2) is 0 Å². The molecule has 1 aromatic carbocycles. The minimum Gasteiger partial charge on any atom is -0.497 e. The first kappa shape index (κ1) is 14.7. The Hall–Kier alpha value is -1.26. The van der Waals surface area contributed by atoms with Crippen molar-refractivity contribution in [2.45, 2.75) is 25.9 Å². The molecular formula is C17H26N2O2. The summed E-state index contributed by atoms with van der Waals surface area (Å²) < 4.78 is 10.8. The van der Waals surface area contributed by atoms with Crippen LogP contribution in [0.2, 0.25) is 0 Å². The summed E-state index contributed by atoms with van der Waals surface area (Å²) in [7, 11) is 3.41. The van der Waals surface area contributed by atoms with Gasteiger partial charge in [-0.1, -0.05) is 6.07 Å². The van der Waals surface area contributed by atoms with Crippen molar-refractivity contribution < 1.29 is 9.47 Å². The molecule has 0 radical (unpaired) electrons. The van der Waals surface area contributed by atoms with E-state index in [-0.39, 0.29) is 5.54 Å². The van der Waals surface area contributed by atoms with E-state index in [9.17, 15) is 0 Å². The maximum Gasteiger partial charge on any atom is 0.127 e. The van der Waals surface area contributed by atoms with Gasteiger partial charge in [-0.3, -0.25) is 4.90 Å². The monoisotopic (exact) mass is 290 g/mol. The molecule has 0 saturated carbocycles. The lowest BCUT2D eigenvalue weighted by molar-refractivity contribution is 0.131. The fraction of sp³-hybridized carbons (Fsp3) is 0.647. The highest BCUT2D eigenvalue weighted by molar-refractivity contribution is 5.40. The second-order valence-corrected chi connectivity index (χ2v) is 6.74. The summed E-state index contributed by atoms with van der Waals surface area (Å²) in [5, 5.41) is 3.53. The SMILES string of the molecule is COc1ccc(CN2CC3CNCC3C2(C)C)c(OC)c1. The lowest BCUT2D eigenvalue weighted by Crippen LogP contribution is -2.43. The molecule has 1 N–H and O–H groups in total. The van der Waals surface area contributed by atoms with Gasteiger partial charge in [-0.2, -0.15) is 0 Å². The Labute approximate surface area is 127 Å². The average Bonchev–Trinajstić information content (AvgIpc) is 3.03. The molecule has 21 heavy (non-hydrogen) atoms. The minimum absolute atomic E-state index is 0.235. The number of benzene rings is 1. The van der Waals surface area contributed by atoms with Crippen LogP contribution in [0, 0.1) is 11.8 Å². The second-order valence-electron chi connectivity index (χ2n) is 6.74. The van der Waals surface area contributed by atoms with E-state index in [0.29, 0.717) is 0 Å². The fourth-order valence-electron chi connectivity index (χ4n) is 3.96. The number of hydrogen-bond acceptors (Lipinski definition) is 4. The molecule has 3 rings (SSSR count). The van der Waals surface area contributed by atoms with Gasteiger partial charge in [-0.05, 0) is 38.3 Å². The molecule has 2 fully saturated rings. The normalized spacial score (nSPS) is 27.6. The lowest BCUT2D eigenvalue weighted by Gasteiger charge is -2.36. The fourth-order valence-corrected chi connectivity index (χ4v) is 3.96. The van der Waals surface area contributed by atoms with Crippen molar-refractivity contribution in [2.24, 2.45) is 11.8 Å². The standard InChI is InChI=1S/C17H26N2O2/c1-17(2)15-9-18-8-13(15)11-19(17)10-12-5-6-14(20-3)7-16(12)21-4/h5-7,13,15,18H,8-11H2,1-4H3. The van der Waals surface area contributed by atoms with Crippen LogP contribution in [-0.2, 0) is 6.54 Å². The number of likely N-dealkylation sites (tertiary alicyclic amines) is 1. The van der Waals surface area contributed by atoms with Crippen LogP contribution >= 0.6 is 0 Å². The highest BCUT2D eigenvalue weighted by Crippen LogP contribution is 2.42. The number of fused-ring (bicyclic) bond motifs is 1. The predicted octanol–water partition coefficient (Wildman–Crippen LogP) is 2.13. The van der Waals surface area contributed by atoms with E-state index in [1.165, 1.54) is 12.1 Å². The molecule has 0 aromatic heterocycles. The molecule has 0 aliphatic carbocycles. The lowest BCUT2D eigenvalue weighted by atomic mass is 9.85. The largest absolute Gasteiger partial charge is 0.497 e. The van der Waals surface area contributed by atoms with Crippen LogP contribution < -0.4 is 14.8 Å². The molecule has 0 amide bonds. The molecule has 2 atom stereocenters. The Bertz CT molecular complexity index is 516. The molecule has 0 bridgehead atoms. The van der Waals surface area contributed by atoms with E-state index >= 15 is 0 Å². The van der Waals surface area contributed by atoms with Gasteiger partial charge in [0.25, 0.3) is 0 Å². The number of methoxy groups -OCH3 is 2. The summed E-state index contributed by atoms with van der Waals surface area (Å²) in [5.74, 6) is 3.30. The van der Waals surface area contributed by atoms with Crippen LogP contribution in [0.3, 0.4) is 0 Å². The molecule has 1 aromatic rings. The van der Waals surface area contributed by atoms with Crippen molar-refractivity contribution in [2.75, 3.05) is 33.9 Å². The van der Waals surface area contributed by atoms with Gasteiger partial charge in [-0.15, -0.1) is 0 Å². The maximum absolute atomic E-state index is 5.54.